The molecular weight excluding hydrogens is 254 g/mol. The molecule has 0 bridgehead atoms. The second kappa shape index (κ2) is 6.87. The first-order valence-electron chi connectivity index (χ1n) is 7.56. The molecule has 1 aromatic heterocycles. The van der Waals surface area contributed by atoms with E-state index in [1.807, 2.05) is 0 Å². The quantitative estimate of drug-likeness (QED) is 0.866. The molecule has 1 heterocycles. The van der Waals surface area contributed by atoms with Gasteiger partial charge < -0.3 is 10.5 Å². The first-order valence-corrected chi connectivity index (χ1v) is 8.44. The molecule has 0 radical (unpaired) electrons. The minimum atomic E-state index is 0.0550. The van der Waals surface area contributed by atoms with Crippen LogP contribution in [0.3, 0.4) is 0 Å². The number of aryl methyl sites for hydroxylation is 1. The van der Waals surface area contributed by atoms with Crippen molar-refractivity contribution in [3.8, 4) is 0 Å². The maximum absolute atomic E-state index is 6.40. The summed E-state index contributed by atoms with van der Waals surface area (Å²) in [5.41, 5.74) is 7.48. The molecule has 3 heteroatoms. The molecule has 4 unspecified atom stereocenters. The van der Waals surface area contributed by atoms with Crippen LogP contribution in [0.2, 0.25) is 0 Å². The minimum Gasteiger partial charge on any atom is -0.368 e. The van der Waals surface area contributed by atoms with Crippen LogP contribution in [-0.4, -0.2) is 12.1 Å². The standard InChI is InChI=1S/C16H27NOS/c1-4-13-6-5-7-14(10-13)18-15(12(3)17)16-11(2)8-9-19-16/h8-9,12-15H,4-7,10,17H2,1-3H3. The summed E-state index contributed by atoms with van der Waals surface area (Å²) in [4.78, 5) is 1.31. The number of ether oxygens (including phenoxy) is 1. The lowest BCUT2D eigenvalue weighted by atomic mass is 9.85. The minimum absolute atomic E-state index is 0.0550. The second-order valence-corrected chi connectivity index (χ2v) is 6.89. The molecule has 0 aromatic carbocycles. The summed E-state index contributed by atoms with van der Waals surface area (Å²) in [7, 11) is 0. The van der Waals surface area contributed by atoms with E-state index < -0.39 is 0 Å². The van der Waals surface area contributed by atoms with Crippen molar-refractivity contribution in [3.63, 3.8) is 0 Å². The number of thiophene rings is 1. The Morgan fingerprint density at radius 3 is 2.84 bits per heavy atom. The lowest BCUT2D eigenvalue weighted by molar-refractivity contribution is -0.0494. The van der Waals surface area contributed by atoms with Crippen molar-refractivity contribution in [2.75, 3.05) is 0 Å². The van der Waals surface area contributed by atoms with Crippen molar-refractivity contribution in [2.45, 2.75) is 71.1 Å². The van der Waals surface area contributed by atoms with Gasteiger partial charge in [-0.25, -0.2) is 0 Å². The summed E-state index contributed by atoms with van der Waals surface area (Å²) in [5, 5.41) is 2.14. The molecule has 0 saturated heterocycles. The maximum atomic E-state index is 6.40. The fourth-order valence-electron chi connectivity index (χ4n) is 3.04. The van der Waals surface area contributed by atoms with Crippen LogP contribution in [-0.2, 0) is 4.74 Å². The normalized spacial score (nSPS) is 27.2. The zero-order valence-corrected chi connectivity index (χ0v) is 13.2. The maximum Gasteiger partial charge on any atom is 0.107 e. The second-order valence-electron chi connectivity index (χ2n) is 5.95. The Morgan fingerprint density at radius 1 is 1.47 bits per heavy atom. The van der Waals surface area contributed by atoms with Gasteiger partial charge in [-0.3, -0.25) is 0 Å². The summed E-state index contributed by atoms with van der Waals surface area (Å²) < 4.78 is 6.40. The summed E-state index contributed by atoms with van der Waals surface area (Å²) in [5.74, 6) is 0.844. The van der Waals surface area contributed by atoms with E-state index in [2.05, 4.69) is 32.2 Å². The van der Waals surface area contributed by atoms with Gasteiger partial charge in [0.1, 0.15) is 6.10 Å². The largest absolute Gasteiger partial charge is 0.368 e. The molecule has 2 nitrogen and oxygen atoms in total. The van der Waals surface area contributed by atoms with E-state index in [0.29, 0.717) is 6.10 Å². The zero-order valence-electron chi connectivity index (χ0n) is 12.4. The summed E-state index contributed by atoms with van der Waals surface area (Å²) >= 11 is 1.78. The van der Waals surface area contributed by atoms with Gasteiger partial charge in [0, 0.05) is 10.9 Å². The van der Waals surface area contributed by atoms with Crippen LogP contribution >= 0.6 is 11.3 Å². The predicted octanol–water partition coefficient (Wildman–Crippen LogP) is 4.43. The molecule has 2 N–H and O–H groups in total. The Hall–Kier alpha value is -0.380. The first kappa shape index (κ1) is 15.0. The molecule has 4 atom stereocenters. The van der Waals surface area contributed by atoms with Crippen molar-refractivity contribution >= 4 is 11.3 Å². The van der Waals surface area contributed by atoms with Crippen molar-refractivity contribution in [1.29, 1.82) is 0 Å². The molecule has 0 spiro atoms. The van der Waals surface area contributed by atoms with Gasteiger partial charge in [-0.15, -0.1) is 11.3 Å². The van der Waals surface area contributed by atoms with E-state index in [0.717, 1.165) is 5.92 Å². The average molecular weight is 281 g/mol. The van der Waals surface area contributed by atoms with Gasteiger partial charge in [-0.2, -0.15) is 0 Å². The smallest absolute Gasteiger partial charge is 0.107 e. The average Bonchev–Trinajstić information content (AvgIpc) is 2.82. The Bertz CT molecular complexity index is 388. The molecule has 2 rings (SSSR count). The van der Waals surface area contributed by atoms with E-state index >= 15 is 0 Å². The van der Waals surface area contributed by atoms with Crippen molar-refractivity contribution < 1.29 is 4.74 Å². The van der Waals surface area contributed by atoms with Crippen LogP contribution < -0.4 is 5.73 Å². The first-order chi connectivity index (χ1) is 9.11. The highest BCUT2D eigenvalue weighted by Gasteiger charge is 2.27. The Labute approximate surface area is 121 Å². The van der Waals surface area contributed by atoms with Gasteiger partial charge in [-0.1, -0.05) is 26.2 Å². The zero-order chi connectivity index (χ0) is 13.8. The third-order valence-corrected chi connectivity index (χ3v) is 5.37. The van der Waals surface area contributed by atoms with Gasteiger partial charge in [0.2, 0.25) is 0 Å². The summed E-state index contributed by atoms with van der Waals surface area (Å²) in [6, 6.07) is 2.22. The van der Waals surface area contributed by atoms with E-state index in [9.17, 15) is 0 Å². The van der Waals surface area contributed by atoms with E-state index in [1.54, 1.807) is 11.3 Å². The monoisotopic (exact) mass is 281 g/mol. The number of hydrogen-bond acceptors (Lipinski definition) is 3. The lowest BCUT2D eigenvalue weighted by Crippen LogP contribution is -2.32. The van der Waals surface area contributed by atoms with Crippen LogP contribution in [0, 0.1) is 12.8 Å². The number of nitrogens with two attached hydrogens (primary N) is 1. The van der Waals surface area contributed by atoms with Crippen LogP contribution in [0.1, 0.15) is 62.5 Å². The third kappa shape index (κ3) is 3.80. The molecule has 1 aliphatic rings. The SMILES string of the molecule is CCC1CCCC(OC(c2sccc2C)C(C)N)C1. The van der Waals surface area contributed by atoms with Gasteiger partial charge in [0.25, 0.3) is 0 Å². The summed E-state index contributed by atoms with van der Waals surface area (Å²) in [6.07, 6.45) is 6.83. The van der Waals surface area contributed by atoms with E-state index in [1.165, 1.54) is 42.5 Å². The van der Waals surface area contributed by atoms with Crippen LogP contribution in [0.15, 0.2) is 11.4 Å². The predicted molar refractivity (Wildman–Crippen MR) is 82.6 cm³/mol. The Morgan fingerprint density at radius 2 is 2.26 bits per heavy atom. The van der Waals surface area contributed by atoms with Crippen molar-refractivity contribution in [1.82, 2.24) is 0 Å². The molecular formula is C16H27NOS. The van der Waals surface area contributed by atoms with Crippen molar-refractivity contribution in [3.05, 3.63) is 21.9 Å². The highest BCUT2D eigenvalue weighted by Crippen LogP contribution is 2.35. The molecule has 108 valence electrons. The van der Waals surface area contributed by atoms with Gasteiger partial charge in [0.05, 0.1) is 6.10 Å². The molecule has 0 aliphatic heterocycles. The fraction of sp³-hybridized carbons (Fsp3) is 0.750. The summed E-state index contributed by atoms with van der Waals surface area (Å²) in [6.45, 7) is 6.50. The van der Waals surface area contributed by atoms with Gasteiger partial charge in [0.15, 0.2) is 0 Å². The molecule has 1 saturated carbocycles. The Balaban J connectivity index is 2.03. The number of rotatable bonds is 5. The molecule has 19 heavy (non-hydrogen) atoms. The van der Waals surface area contributed by atoms with Crippen LogP contribution in [0.4, 0.5) is 0 Å². The topological polar surface area (TPSA) is 35.2 Å². The van der Waals surface area contributed by atoms with Crippen LogP contribution in [0.25, 0.3) is 0 Å². The van der Waals surface area contributed by atoms with Gasteiger partial charge >= 0.3 is 0 Å². The van der Waals surface area contributed by atoms with Crippen LogP contribution in [0.5, 0.6) is 0 Å². The molecule has 1 fully saturated rings. The van der Waals surface area contributed by atoms with E-state index in [4.69, 9.17) is 10.5 Å². The molecule has 1 aromatic rings. The van der Waals surface area contributed by atoms with Gasteiger partial charge in [-0.05, 0) is 49.6 Å². The third-order valence-electron chi connectivity index (χ3n) is 4.29. The number of hydrogen-bond donors (Lipinski definition) is 1. The lowest BCUT2D eigenvalue weighted by Gasteiger charge is -2.33. The highest BCUT2D eigenvalue weighted by atomic mass is 32.1. The highest BCUT2D eigenvalue weighted by molar-refractivity contribution is 7.10. The Kier molecular flexibility index (Phi) is 5.43. The fourth-order valence-corrected chi connectivity index (χ4v) is 4.12. The molecule has 1 aliphatic carbocycles. The van der Waals surface area contributed by atoms with Crippen molar-refractivity contribution in [2.24, 2.45) is 11.7 Å². The van der Waals surface area contributed by atoms with E-state index in [-0.39, 0.29) is 12.1 Å². The molecule has 0 amide bonds.